The van der Waals surface area contributed by atoms with Crippen molar-refractivity contribution in [3.63, 3.8) is 0 Å². The smallest absolute Gasteiger partial charge is 0.108 e. The highest BCUT2D eigenvalue weighted by molar-refractivity contribution is 5.54. The lowest BCUT2D eigenvalue weighted by molar-refractivity contribution is 0.677. The summed E-state index contributed by atoms with van der Waals surface area (Å²) >= 11 is 0. The van der Waals surface area contributed by atoms with Gasteiger partial charge >= 0.3 is 0 Å². The molecule has 5 nitrogen and oxygen atoms in total. The van der Waals surface area contributed by atoms with Gasteiger partial charge in [-0.1, -0.05) is 12.1 Å². The van der Waals surface area contributed by atoms with E-state index in [1.54, 1.807) is 43.4 Å². The first kappa shape index (κ1) is 15.1. The van der Waals surface area contributed by atoms with Crippen molar-refractivity contribution in [1.82, 2.24) is 24.9 Å². The predicted molar refractivity (Wildman–Crippen MR) is 93.7 cm³/mol. The van der Waals surface area contributed by atoms with E-state index in [-0.39, 0.29) is 0 Å². The zero-order valence-electron chi connectivity index (χ0n) is 13.4. The highest BCUT2D eigenvalue weighted by Gasteiger charge is 2.41. The minimum absolute atomic E-state index is 0.716. The topological polar surface area (TPSA) is 64.5 Å². The molecule has 1 atom stereocenters. The lowest BCUT2D eigenvalue weighted by Gasteiger charge is -2.33. The van der Waals surface area contributed by atoms with E-state index in [0.717, 1.165) is 22.5 Å². The largest absolute Gasteiger partial charge is 0.265 e. The summed E-state index contributed by atoms with van der Waals surface area (Å²) in [4.78, 5) is 22.1. The van der Waals surface area contributed by atoms with Crippen LogP contribution in [0.5, 0.6) is 0 Å². The molecule has 0 fully saturated rings. The number of nitrogens with zero attached hydrogens (tertiary/aromatic N) is 5. The number of pyridine rings is 3. The van der Waals surface area contributed by atoms with Gasteiger partial charge in [-0.05, 0) is 41.5 Å². The maximum absolute atomic E-state index is 4.66. The second-order valence-electron chi connectivity index (χ2n) is 5.53. The molecule has 0 radical (unpaired) electrons. The van der Waals surface area contributed by atoms with Gasteiger partial charge in [0, 0.05) is 43.4 Å². The van der Waals surface area contributed by atoms with Crippen LogP contribution in [0.2, 0.25) is 0 Å². The predicted octanol–water partition coefficient (Wildman–Crippen LogP) is 3.04. The lowest BCUT2D eigenvalue weighted by atomic mass is 9.70. The molecule has 4 heterocycles. The normalized spacial score (nSPS) is 13.1. The van der Waals surface area contributed by atoms with Gasteiger partial charge in [0.25, 0.3) is 0 Å². The summed E-state index contributed by atoms with van der Waals surface area (Å²) in [6.45, 7) is 0. The van der Waals surface area contributed by atoms with Gasteiger partial charge in [0.05, 0.1) is 17.6 Å². The van der Waals surface area contributed by atoms with Gasteiger partial charge < -0.3 is 0 Å². The van der Waals surface area contributed by atoms with E-state index in [0.29, 0.717) is 0 Å². The van der Waals surface area contributed by atoms with Crippen LogP contribution in [0.15, 0.2) is 92.0 Å². The van der Waals surface area contributed by atoms with Gasteiger partial charge in [0.1, 0.15) is 5.41 Å². The molecule has 4 aromatic heterocycles. The maximum atomic E-state index is 4.66. The highest BCUT2D eigenvalue weighted by Crippen LogP contribution is 2.42. The average molecular weight is 325 g/mol. The van der Waals surface area contributed by atoms with E-state index < -0.39 is 5.41 Å². The minimum Gasteiger partial charge on any atom is -0.265 e. The Hall–Kier alpha value is -3.47. The molecule has 1 unspecified atom stereocenters. The standard InChI is InChI=1S/C20H15N5/c1-2-9-24-18(5-1)20(16-6-10-21-11-7-16,17-4-3-8-22-14-17)19-15-23-12-13-25-19/h1-15H. The fourth-order valence-corrected chi connectivity index (χ4v) is 3.15. The van der Waals surface area contributed by atoms with Crippen LogP contribution in [0.4, 0.5) is 0 Å². The quantitative estimate of drug-likeness (QED) is 0.577. The van der Waals surface area contributed by atoms with E-state index in [1.807, 2.05) is 48.7 Å². The summed E-state index contributed by atoms with van der Waals surface area (Å²) in [5.74, 6) is 0. The van der Waals surface area contributed by atoms with Crippen LogP contribution in [0.3, 0.4) is 0 Å². The molecule has 0 aliphatic carbocycles. The van der Waals surface area contributed by atoms with Crippen molar-refractivity contribution in [1.29, 1.82) is 0 Å². The Morgan fingerprint density at radius 3 is 2.04 bits per heavy atom. The van der Waals surface area contributed by atoms with Gasteiger partial charge in [0.2, 0.25) is 0 Å². The summed E-state index contributed by atoms with van der Waals surface area (Å²) < 4.78 is 0. The van der Waals surface area contributed by atoms with E-state index in [4.69, 9.17) is 0 Å². The summed E-state index contributed by atoms with van der Waals surface area (Å²) in [7, 11) is 0. The fraction of sp³-hybridized carbons (Fsp3) is 0.0500. The summed E-state index contributed by atoms with van der Waals surface area (Å²) in [6.07, 6.45) is 14.1. The van der Waals surface area contributed by atoms with Crippen LogP contribution in [0, 0.1) is 0 Å². The molecule has 4 rings (SSSR count). The highest BCUT2D eigenvalue weighted by atomic mass is 14.8. The molecular weight excluding hydrogens is 310 g/mol. The zero-order valence-corrected chi connectivity index (χ0v) is 13.4. The molecule has 0 saturated heterocycles. The Balaban J connectivity index is 2.13. The van der Waals surface area contributed by atoms with E-state index in [9.17, 15) is 0 Å². The Labute approximate surface area is 145 Å². The number of aromatic nitrogens is 5. The van der Waals surface area contributed by atoms with Crippen molar-refractivity contribution in [3.8, 4) is 0 Å². The molecule has 25 heavy (non-hydrogen) atoms. The monoisotopic (exact) mass is 325 g/mol. The van der Waals surface area contributed by atoms with Crippen LogP contribution >= 0.6 is 0 Å². The third kappa shape index (κ3) is 2.55. The molecule has 0 N–H and O–H groups in total. The van der Waals surface area contributed by atoms with Crippen molar-refractivity contribution >= 4 is 0 Å². The number of rotatable bonds is 4. The Morgan fingerprint density at radius 1 is 0.520 bits per heavy atom. The van der Waals surface area contributed by atoms with Crippen LogP contribution in [-0.4, -0.2) is 24.9 Å². The molecule has 0 spiro atoms. The third-order valence-corrected chi connectivity index (χ3v) is 4.20. The van der Waals surface area contributed by atoms with Crippen LogP contribution in [0.1, 0.15) is 22.5 Å². The first-order valence-electron chi connectivity index (χ1n) is 7.91. The maximum Gasteiger partial charge on any atom is 0.108 e. The van der Waals surface area contributed by atoms with Crippen LogP contribution < -0.4 is 0 Å². The van der Waals surface area contributed by atoms with Crippen molar-refractivity contribution in [2.75, 3.05) is 0 Å². The molecule has 0 aliphatic rings. The van der Waals surface area contributed by atoms with E-state index in [1.165, 1.54) is 0 Å². The molecule has 120 valence electrons. The first-order chi connectivity index (χ1) is 12.4. The van der Waals surface area contributed by atoms with Gasteiger partial charge in [-0.25, -0.2) is 0 Å². The van der Waals surface area contributed by atoms with Gasteiger partial charge in [0.15, 0.2) is 0 Å². The number of hydrogen-bond donors (Lipinski definition) is 0. The Morgan fingerprint density at radius 2 is 1.36 bits per heavy atom. The molecule has 0 bridgehead atoms. The summed E-state index contributed by atoms with van der Waals surface area (Å²) in [5, 5.41) is 0. The molecule has 5 heteroatoms. The second-order valence-corrected chi connectivity index (χ2v) is 5.53. The molecular formula is C20H15N5. The van der Waals surface area contributed by atoms with Gasteiger partial charge in [-0.3, -0.25) is 24.9 Å². The summed E-state index contributed by atoms with van der Waals surface area (Å²) in [6, 6.07) is 13.8. The molecule has 0 aromatic carbocycles. The fourth-order valence-electron chi connectivity index (χ4n) is 3.15. The van der Waals surface area contributed by atoms with Crippen LogP contribution in [0.25, 0.3) is 0 Å². The van der Waals surface area contributed by atoms with Gasteiger partial charge in [-0.15, -0.1) is 0 Å². The molecule has 4 aromatic rings. The first-order valence-corrected chi connectivity index (χ1v) is 7.91. The SMILES string of the molecule is c1ccc(C(c2ccncc2)(c2cccnc2)c2cnccn2)nc1. The Bertz CT molecular complexity index is 765. The lowest BCUT2D eigenvalue weighted by Crippen LogP contribution is -2.33. The summed E-state index contributed by atoms with van der Waals surface area (Å²) in [5.41, 5.74) is 2.91. The van der Waals surface area contributed by atoms with Crippen molar-refractivity contribution in [2.45, 2.75) is 5.41 Å². The van der Waals surface area contributed by atoms with Crippen LogP contribution in [-0.2, 0) is 5.41 Å². The van der Waals surface area contributed by atoms with Crippen molar-refractivity contribution in [3.05, 3.63) is 115 Å². The van der Waals surface area contributed by atoms with Crippen molar-refractivity contribution in [2.24, 2.45) is 0 Å². The Kier molecular flexibility index (Phi) is 3.96. The second kappa shape index (κ2) is 6.57. The van der Waals surface area contributed by atoms with E-state index in [2.05, 4.69) is 24.9 Å². The molecule has 0 amide bonds. The number of hydrogen-bond acceptors (Lipinski definition) is 5. The zero-order chi connectivity index (χ0) is 17.0. The third-order valence-electron chi connectivity index (χ3n) is 4.20. The molecule has 0 aliphatic heterocycles. The van der Waals surface area contributed by atoms with E-state index >= 15 is 0 Å². The average Bonchev–Trinajstić information content (AvgIpc) is 2.72. The minimum atomic E-state index is -0.716. The molecule has 0 saturated carbocycles. The van der Waals surface area contributed by atoms with Gasteiger partial charge in [-0.2, -0.15) is 0 Å². The van der Waals surface area contributed by atoms with Crippen molar-refractivity contribution < 1.29 is 0 Å².